The molecular formula is C14H17BrN2S. The number of thiazole rings is 1. The van der Waals surface area contributed by atoms with Gasteiger partial charge in [0.25, 0.3) is 0 Å². The summed E-state index contributed by atoms with van der Waals surface area (Å²) in [5.41, 5.74) is 1.29. The lowest BCUT2D eigenvalue weighted by molar-refractivity contribution is 0.593. The third-order valence-corrected chi connectivity index (χ3v) is 4.36. The molecule has 1 aromatic heterocycles. The van der Waals surface area contributed by atoms with Gasteiger partial charge in [-0.3, -0.25) is 0 Å². The number of nitrogens with one attached hydrogen (secondary N) is 1. The van der Waals surface area contributed by atoms with Gasteiger partial charge in [0, 0.05) is 34.6 Å². The minimum atomic E-state index is 0.513. The van der Waals surface area contributed by atoms with Gasteiger partial charge in [-0.25, -0.2) is 4.98 Å². The summed E-state index contributed by atoms with van der Waals surface area (Å²) in [5, 5.41) is 4.58. The first kappa shape index (κ1) is 13.7. The first-order valence-corrected chi connectivity index (χ1v) is 7.66. The maximum atomic E-state index is 4.49. The molecule has 18 heavy (non-hydrogen) atoms. The smallest absolute Gasteiger partial charge is 0.0972 e. The third-order valence-electron chi connectivity index (χ3n) is 2.59. The Bertz CT molecular complexity index is 508. The van der Waals surface area contributed by atoms with Gasteiger partial charge in [0.05, 0.1) is 5.01 Å². The average Bonchev–Trinajstić information content (AvgIpc) is 2.77. The van der Waals surface area contributed by atoms with Crippen molar-refractivity contribution in [2.45, 2.75) is 32.9 Å². The standard InChI is InChI=1S/C14H17BrN2S/c1-10(2)16-8-12-9-17-14(18-12)7-11-5-3-4-6-13(11)15/h3-6,9-10,16H,7-8H2,1-2H3. The molecule has 0 unspecified atom stereocenters. The molecule has 1 N–H and O–H groups in total. The fourth-order valence-electron chi connectivity index (χ4n) is 1.62. The number of rotatable bonds is 5. The normalized spacial score (nSPS) is 11.1. The summed E-state index contributed by atoms with van der Waals surface area (Å²) in [4.78, 5) is 5.79. The zero-order valence-electron chi connectivity index (χ0n) is 10.6. The van der Waals surface area contributed by atoms with Crippen LogP contribution in [0.4, 0.5) is 0 Å². The van der Waals surface area contributed by atoms with Gasteiger partial charge in [0.1, 0.15) is 0 Å². The highest BCUT2D eigenvalue weighted by molar-refractivity contribution is 9.10. The molecular weight excluding hydrogens is 308 g/mol. The van der Waals surface area contributed by atoms with Gasteiger partial charge in [-0.05, 0) is 11.6 Å². The molecule has 1 aromatic carbocycles. The SMILES string of the molecule is CC(C)NCc1cnc(Cc2ccccc2Br)s1. The van der Waals surface area contributed by atoms with E-state index in [1.54, 1.807) is 11.3 Å². The van der Waals surface area contributed by atoms with Crippen LogP contribution in [0.3, 0.4) is 0 Å². The number of hydrogen-bond donors (Lipinski definition) is 1. The van der Waals surface area contributed by atoms with Gasteiger partial charge in [0.2, 0.25) is 0 Å². The summed E-state index contributed by atoms with van der Waals surface area (Å²) < 4.78 is 1.15. The number of benzene rings is 1. The lowest BCUT2D eigenvalue weighted by Gasteiger charge is -2.04. The molecule has 0 atom stereocenters. The number of nitrogens with zero attached hydrogens (tertiary/aromatic N) is 1. The molecule has 0 aliphatic rings. The van der Waals surface area contributed by atoms with Crippen molar-refractivity contribution in [2.75, 3.05) is 0 Å². The number of halogens is 1. The van der Waals surface area contributed by atoms with E-state index in [0.29, 0.717) is 6.04 Å². The Labute approximate surface area is 121 Å². The zero-order valence-corrected chi connectivity index (χ0v) is 13.0. The minimum absolute atomic E-state index is 0.513. The Morgan fingerprint density at radius 3 is 2.83 bits per heavy atom. The maximum absolute atomic E-state index is 4.49. The highest BCUT2D eigenvalue weighted by Crippen LogP contribution is 2.22. The molecule has 2 aromatic rings. The van der Waals surface area contributed by atoms with Gasteiger partial charge < -0.3 is 5.32 Å². The molecule has 96 valence electrons. The fourth-order valence-corrected chi connectivity index (χ4v) is 2.94. The predicted octanol–water partition coefficient (Wildman–Crippen LogP) is 3.99. The second-order valence-electron chi connectivity index (χ2n) is 4.52. The molecule has 2 nitrogen and oxygen atoms in total. The molecule has 1 heterocycles. The van der Waals surface area contributed by atoms with Gasteiger partial charge in [0.15, 0.2) is 0 Å². The Hall–Kier alpha value is -0.710. The van der Waals surface area contributed by atoms with E-state index < -0.39 is 0 Å². The molecule has 0 aliphatic heterocycles. The molecule has 0 saturated carbocycles. The van der Waals surface area contributed by atoms with Crippen LogP contribution in [0.25, 0.3) is 0 Å². The van der Waals surface area contributed by atoms with Gasteiger partial charge in [-0.15, -0.1) is 11.3 Å². The molecule has 2 rings (SSSR count). The van der Waals surface area contributed by atoms with E-state index in [9.17, 15) is 0 Å². The second-order valence-corrected chi connectivity index (χ2v) is 6.58. The van der Waals surface area contributed by atoms with Crippen molar-refractivity contribution < 1.29 is 0 Å². The van der Waals surface area contributed by atoms with E-state index in [4.69, 9.17) is 0 Å². The molecule has 0 amide bonds. The monoisotopic (exact) mass is 324 g/mol. The van der Waals surface area contributed by atoms with Crippen LogP contribution in [-0.2, 0) is 13.0 Å². The summed E-state index contributed by atoms with van der Waals surface area (Å²) in [7, 11) is 0. The Balaban J connectivity index is 2.00. The van der Waals surface area contributed by atoms with Crippen molar-refractivity contribution in [3.8, 4) is 0 Å². The van der Waals surface area contributed by atoms with E-state index >= 15 is 0 Å². The van der Waals surface area contributed by atoms with Crippen LogP contribution in [0, 0.1) is 0 Å². The minimum Gasteiger partial charge on any atom is -0.310 e. The van der Waals surface area contributed by atoms with Crippen molar-refractivity contribution in [1.82, 2.24) is 10.3 Å². The Kier molecular flexibility index (Phi) is 4.92. The van der Waals surface area contributed by atoms with Crippen LogP contribution in [0.5, 0.6) is 0 Å². The fraction of sp³-hybridized carbons (Fsp3) is 0.357. The molecule has 0 saturated heterocycles. The van der Waals surface area contributed by atoms with E-state index in [2.05, 4.69) is 58.3 Å². The summed E-state index contributed by atoms with van der Waals surface area (Å²) in [6, 6.07) is 8.82. The maximum Gasteiger partial charge on any atom is 0.0972 e. The predicted molar refractivity (Wildman–Crippen MR) is 81.0 cm³/mol. The van der Waals surface area contributed by atoms with E-state index in [1.165, 1.54) is 15.4 Å². The summed E-state index contributed by atoms with van der Waals surface area (Å²) in [5.74, 6) is 0. The lowest BCUT2D eigenvalue weighted by atomic mass is 10.2. The summed E-state index contributed by atoms with van der Waals surface area (Å²) in [6.45, 7) is 5.22. The second kappa shape index (κ2) is 6.45. The van der Waals surface area contributed by atoms with Gasteiger partial charge in [-0.1, -0.05) is 48.0 Å². The Morgan fingerprint density at radius 2 is 2.11 bits per heavy atom. The number of hydrogen-bond acceptors (Lipinski definition) is 3. The van der Waals surface area contributed by atoms with Crippen LogP contribution < -0.4 is 5.32 Å². The van der Waals surface area contributed by atoms with Crippen molar-refractivity contribution in [3.05, 3.63) is 50.4 Å². The van der Waals surface area contributed by atoms with E-state index in [0.717, 1.165) is 17.4 Å². The summed E-state index contributed by atoms with van der Waals surface area (Å²) in [6.07, 6.45) is 2.87. The number of aromatic nitrogens is 1. The highest BCUT2D eigenvalue weighted by atomic mass is 79.9. The molecule has 0 fully saturated rings. The van der Waals surface area contributed by atoms with Gasteiger partial charge in [-0.2, -0.15) is 0 Å². The van der Waals surface area contributed by atoms with Crippen molar-refractivity contribution in [2.24, 2.45) is 0 Å². The molecule has 4 heteroatoms. The molecule has 0 radical (unpaired) electrons. The first-order chi connectivity index (χ1) is 8.65. The summed E-state index contributed by atoms with van der Waals surface area (Å²) >= 11 is 5.36. The van der Waals surface area contributed by atoms with Crippen LogP contribution in [-0.4, -0.2) is 11.0 Å². The van der Waals surface area contributed by atoms with Crippen molar-refractivity contribution in [1.29, 1.82) is 0 Å². The average molecular weight is 325 g/mol. The van der Waals surface area contributed by atoms with Crippen LogP contribution in [0.15, 0.2) is 34.9 Å². The Morgan fingerprint density at radius 1 is 1.33 bits per heavy atom. The highest BCUT2D eigenvalue weighted by Gasteiger charge is 2.05. The van der Waals surface area contributed by atoms with Crippen LogP contribution in [0.2, 0.25) is 0 Å². The topological polar surface area (TPSA) is 24.9 Å². The first-order valence-electron chi connectivity index (χ1n) is 6.05. The quantitative estimate of drug-likeness (QED) is 0.899. The molecule has 0 aliphatic carbocycles. The molecule has 0 bridgehead atoms. The van der Waals surface area contributed by atoms with Crippen LogP contribution in [0.1, 0.15) is 29.3 Å². The largest absolute Gasteiger partial charge is 0.310 e. The third kappa shape index (κ3) is 3.90. The van der Waals surface area contributed by atoms with Crippen molar-refractivity contribution in [3.63, 3.8) is 0 Å². The zero-order chi connectivity index (χ0) is 13.0. The van der Waals surface area contributed by atoms with Crippen LogP contribution >= 0.6 is 27.3 Å². The van der Waals surface area contributed by atoms with E-state index in [1.807, 2.05) is 12.3 Å². The van der Waals surface area contributed by atoms with E-state index in [-0.39, 0.29) is 0 Å². The van der Waals surface area contributed by atoms with Crippen molar-refractivity contribution >= 4 is 27.3 Å². The van der Waals surface area contributed by atoms with Gasteiger partial charge >= 0.3 is 0 Å². The lowest BCUT2D eigenvalue weighted by Crippen LogP contribution is -2.21. The molecule has 0 spiro atoms.